The van der Waals surface area contributed by atoms with Crippen molar-refractivity contribution >= 4 is 22.4 Å². The highest BCUT2D eigenvalue weighted by atomic mass is 16.6. The lowest BCUT2D eigenvalue weighted by molar-refractivity contribution is 0.315. The van der Waals surface area contributed by atoms with Crippen molar-refractivity contribution in [1.29, 1.82) is 0 Å². The van der Waals surface area contributed by atoms with Gasteiger partial charge in [0.25, 0.3) is 0 Å². The van der Waals surface area contributed by atoms with Crippen LogP contribution < -0.4 is 21.3 Å². The zero-order chi connectivity index (χ0) is 18.6. The van der Waals surface area contributed by atoms with Crippen LogP contribution in [0.25, 0.3) is 11.0 Å². The van der Waals surface area contributed by atoms with Gasteiger partial charge in [-0.3, -0.25) is 0 Å². The third-order valence-electron chi connectivity index (χ3n) is 4.24. The number of hydrogen-bond acceptors (Lipinski definition) is 9. The molecule has 0 aliphatic rings. The quantitative estimate of drug-likeness (QED) is 0.343. The molecule has 0 aliphatic carbocycles. The SMILES string of the molecule is CN(CCCNCCCCNCCCN)c1ccc(N=O)c2nonc12. The molecule has 144 valence electrons. The Balaban J connectivity index is 1.62. The highest BCUT2D eigenvalue weighted by molar-refractivity contribution is 5.95. The Morgan fingerprint density at radius 1 is 1.04 bits per heavy atom. The molecule has 9 nitrogen and oxygen atoms in total. The number of aromatic nitrogens is 2. The van der Waals surface area contributed by atoms with E-state index in [1.165, 1.54) is 6.42 Å². The van der Waals surface area contributed by atoms with Crippen molar-refractivity contribution < 1.29 is 4.63 Å². The van der Waals surface area contributed by atoms with E-state index in [-0.39, 0.29) is 5.69 Å². The molecule has 0 fully saturated rings. The minimum atomic E-state index is 0.248. The number of nitrogens with two attached hydrogens (primary N) is 1. The predicted molar refractivity (Wildman–Crippen MR) is 104 cm³/mol. The Hall–Kier alpha value is -2.10. The highest BCUT2D eigenvalue weighted by Gasteiger charge is 2.14. The van der Waals surface area contributed by atoms with Crippen LogP contribution in [0, 0.1) is 4.91 Å². The van der Waals surface area contributed by atoms with Crippen molar-refractivity contribution in [2.75, 3.05) is 51.2 Å². The summed E-state index contributed by atoms with van der Waals surface area (Å²) in [5, 5.41) is 17.5. The fraction of sp³-hybridized carbons (Fsp3) is 0.647. The molecule has 0 bridgehead atoms. The van der Waals surface area contributed by atoms with Crippen LogP contribution in [0.15, 0.2) is 21.9 Å². The van der Waals surface area contributed by atoms with Crippen LogP contribution in [-0.2, 0) is 0 Å². The van der Waals surface area contributed by atoms with E-state index >= 15 is 0 Å². The van der Waals surface area contributed by atoms with Crippen LogP contribution in [0.5, 0.6) is 0 Å². The van der Waals surface area contributed by atoms with Crippen LogP contribution in [0.4, 0.5) is 11.4 Å². The molecule has 0 unspecified atom stereocenters. The van der Waals surface area contributed by atoms with Crippen molar-refractivity contribution in [3.05, 3.63) is 17.0 Å². The standard InChI is InChI=1S/C17H29N7O2/c1-24(13-5-12-20-10-3-2-9-19-11-4-8-18)15-7-6-14(21-25)16-17(15)23-26-22-16/h6-7,19-20H,2-5,8-13,18H2,1H3. The van der Waals surface area contributed by atoms with Gasteiger partial charge in [0.2, 0.25) is 0 Å². The lowest BCUT2D eigenvalue weighted by Crippen LogP contribution is -2.25. The van der Waals surface area contributed by atoms with Gasteiger partial charge < -0.3 is 21.3 Å². The number of anilines is 1. The second-order valence-electron chi connectivity index (χ2n) is 6.28. The molecule has 0 atom stereocenters. The summed E-state index contributed by atoms with van der Waals surface area (Å²) in [5.41, 5.74) is 7.56. The number of fused-ring (bicyclic) bond motifs is 1. The Morgan fingerprint density at radius 3 is 2.38 bits per heavy atom. The van der Waals surface area contributed by atoms with Gasteiger partial charge in [0, 0.05) is 13.6 Å². The largest absolute Gasteiger partial charge is 0.373 e. The third-order valence-corrected chi connectivity index (χ3v) is 4.24. The van der Waals surface area contributed by atoms with Crippen molar-refractivity contribution in [1.82, 2.24) is 20.9 Å². The molecule has 9 heteroatoms. The van der Waals surface area contributed by atoms with E-state index in [4.69, 9.17) is 10.4 Å². The van der Waals surface area contributed by atoms with E-state index in [0.717, 1.165) is 64.2 Å². The molecular weight excluding hydrogens is 334 g/mol. The molecule has 4 N–H and O–H groups in total. The van der Waals surface area contributed by atoms with E-state index in [1.807, 2.05) is 13.1 Å². The molecule has 0 radical (unpaired) electrons. The summed E-state index contributed by atoms with van der Waals surface area (Å²) in [6.07, 6.45) is 4.38. The van der Waals surface area contributed by atoms with E-state index < -0.39 is 0 Å². The topological polar surface area (TPSA) is 122 Å². The first-order chi connectivity index (χ1) is 12.8. The Morgan fingerprint density at radius 2 is 1.69 bits per heavy atom. The highest BCUT2D eigenvalue weighted by Crippen LogP contribution is 2.30. The molecule has 26 heavy (non-hydrogen) atoms. The van der Waals surface area contributed by atoms with Crippen LogP contribution in [0.1, 0.15) is 25.7 Å². The summed E-state index contributed by atoms with van der Waals surface area (Å²) in [7, 11) is 1.99. The monoisotopic (exact) mass is 363 g/mol. The predicted octanol–water partition coefficient (Wildman–Crippen LogP) is 1.76. The number of benzene rings is 1. The van der Waals surface area contributed by atoms with Crippen molar-refractivity contribution in [2.24, 2.45) is 10.9 Å². The number of nitroso groups, excluding NO2 is 1. The molecule has 1 aromatic heterocycles. The fourth-order valence-corrected chi connectivity index (χ4v) is 2.76. The van der Waals surface area contributed by atoms with Crippen LogP contribution in [0.2, 0.25) is 0 Å². The fourth-order valence-electron chi connectivity index (χ4n) is 2.76. The average molecular weight is 363 g/mol. The number of hydrogen-bond donors (Lipinski definition) is 3. The first-order valence-electron chi connectivity index (χ1n) is 9.19. The van der Waals surface area contributed by atoms with Gasteiger partial charge >= 0.3 is 0 Å². The molecule has 0 aliphatic heterocycles. The van der Waals surface area contributed by atoms with Gasteiger partial charge in [-0.25, -0.2) is 4.63 Å². The van der Waals surface area contributed by atoms with E-state index in [2.05, 4.69) is 31.0 Å². The van der Waals surface area contributed by atoms with Crippen LogP contribution >= 0.6 is 0 Å². The summed E-state index contributed by atoms with van der Waals surface area (Å²) < 4.78 is 4.76. The summed E-state index contributed by atoms with van der Waals surface area (Å²) in [4.78, 5) is 12.9. The first-order valence-corrected chi connectivity index (χ1v) is 9.19. The van der Waals surface area contributed by atoms with Crippen LogP contribution in [0.3, 0.4) is 0 Å². The molecule has 0 amide bonds. The smallest absolute Gasteiger partial charge is 0.166 e. The molecule has 2 rings (SSSR count). The minimum absolute atomic E-state index is 0.248. The number of nitrogens with one attached hydrogen (secondary N) is 2. The van der Waals surface area contributed by atoms with Gasteiger partial charge in [0.1, 0.15) is 5.69 Å². The van der Waals surface area contributed by atoms with Crippen molar-refractivity contribution in [3.8, 4) is 0 Å². The molecule has 1 heterocycles. The van der Waals surface area contributed by atoms with Gasteiger partial charge in [0.15, 0.2) is 11.0 Å². The summed E-state index contributed by atoms with van der Waals surface area (Å²) in [5.74, 6) is 0. The van der Waals surface area contributed by atoms with E-state index in [0.29, 0.717) is 11.0 Å². The maximum absolute atomic E-state index is 10.8. The molecule has 0 saturated heterocycles. The second-order valence-corrected chi connectivity index (χ2v) is 6.28. The van der Waals surface area contributed by atoms with E-state index in [9.17, 15) is 4.91 Å². The lowest BCUT2D eigenvalue weighted by atomic mass is 10.2. The first kappa shape index (κ1) is 20.2. The Labute approximate surface area is 153 Å². The van der Waals surface area contributed by atoms with E-state index in [1.54, 1.807) is 6.07 Å². The number of unbranched alkanes of at least 4 members (excludes halogenated alkanes) is 1. The maximum atomic E-state index is 10.8. The Kier molecular flexibility index (Phi) is 8.94. The maximum Gasteiger partial charge on any atom is 0.166 e. The van der Waals surface area contributed by atoms with Gasteiger partial charge in [-0.05, 0) is 86.0 Å². The van der Waals surface area contributed by atoms with Gasteiger partial charge in [-0.15, -0.1) is 4.91 Å². The second kappa shape index (κ2) is 11.5. The zero-order valence-corrected chi connectivity index (χ0v) is 15.4. The molecule has 1 aromatic carbocycles. The summed E-state index contributed by atoms with van der Waals surface area (Å²) >= 11 is 0. The van der Waals surface area contributed by atoms with Gasteiger partial charge in [0.05, 0.1) is 5.69 Å². The normalized spacial score (nSPS) is 11.2. The summed E-state index contributed by atoms with van der Waals surface area (Å²) in [6.45, 7) is 5.66. The van der Waals surface area contributed by atoms with Crippen molar-refractivity contribution in [2.45, 2.75) is 25.7 Å². The third kappa shape index (κ3) is 6.01. The number of rotatable bonds is 14. The average Bonchev–Trinajstić information content (AvgIpc) is 3.15. The molecule has 0 spiro atoms. The number of nitrogens with zero attached hydrogens (tertiary/aromatic N) is 4. The molecule has 2 aromatic rings. The zero-order valence-electron chi connectivity index (χ0n) is 15.4. The minimum Gasteiger partial charge on any atom is -0.373 e. The van der Waals surface area contributed by atoms with Gasteiger partial charge in [-0.2, -0.15) is 0 Å². The van der Waals surface area contributed by atoms with Gasteiger partial charge in [-0.1, -0.05) is 0 Å². The van der Waals surface area contributed by atoms with Crippen LogP contribution in [-0.4, -0.2) is 56.6 Å². The lowest BCUT2D eigenvalue weighted by Gasteiger charge is -2.19. The van der Waals surface area contributed by atoms with Crippen molar-refractivity contribution in [3.63, 3.8) is 0 Å². The molecule has 0 saturated carbocycles. The Bertz CT molecular complexity index is 662. The summed E-state index contributed by atoms with van der Waals surface area (Å²) in [6, 6.07) is 3.47. The molecular formula is C17H29N7O2.